The molecule has 2 aromatic rings. The van der Waals surface area contributed by atoms with Crippen LogP contribution in [0.4, 0.5) is 10.1 Å². The molecule has 0 fully saturated rings. The lowest BCUT2D eigenvalue weighted by atomic mass is 10.00. The van der Waals surface area contributed by atoms with Crippen molar-refractivity contribution in [2.75, 3.05) is 44.9 Å². The molecule has 1 amide bonds. The van der Waals surface area contributed by atoms with E-state index in [9.17, 15) is 9.18 Å². The molecule has 6 nitrogen and oxygen atoms in total. The van der Waals surface area contributed by atoms with Gasteiger partial charge in [0.15, 0.2) is 0 Å². The fourth-order valence-corrected chi connectivity index (χ4v) is 4.30. The van der Waals surface area contributed by atoms with Gasteiger partial charge in [-0.15, -0.1) is 0 Å². The van der Waals surface area contributed by atoms with Crippen LogP contribution in [0, 0.1) is 5.82 Å². The number of benzene rings is 2. The molecule has 0 aromatic heterocycles. The largest absolute Gasteiger partial charge is 0.493 e. The number of carbonyl (C=O) groups excluding carboxylic acids is 1. The standard InChI is InChI=1S/C26H38FN3O3S/c1-7-21(17-28-4)30(18(2)3)26(31)19-9-11-22(25(15-19)33-14-8-13-32-5)23-16-20(29-34-6)10-12-24(23)27/h9-12,15-16,18,21,28-29H,7-8,13-14,17H2,1-6H3/t21-/m1/s1. The van der Waals surface area contributed by atoms with Crippen LogP contribution in [-0.4, -0.2) is 63.1 Å². The maximum atomic E-state index is 14.9. The number of ether oxygens (including phenoxy) is 2. The van der Waals surface area contributed by atoms with Gasteiger partial charge >= 0.3 is 0 Å². The van der Waals surface area contributed by atoms with Crippen molar-refractivity contribution in [3.05, 3.63) is 47.8 Å². The Morgan fingerprint density at radius 2 is 1.91 bits per heavy atom. The molecule has 188 valence electrons. The smallest absolute Gasteiger partial charge is 0.254 e. The van der Waals surface area contributed by atoms with Crippen molar-refractivity contribution in [3.63, 3.8) is 0 Å². The van der Waals surface area contributed by atoms with Crippen LogP contribution < -0.4 is 14.8 Å². The molecular formula is C26H38FN3O3S. The number of nitrogens with zero attached hydrogens (tertiary/aromatic N) is 1. The summed E-state index contributed by atoms with van der Waals surface area (Å²) in [5.41, 5.74) is 2.34. The van der Waals surface area contributed by atoms with E-state index in [1.165, 1.54) is 18.0 Å². The predicted octanol–water partition coefficient (Wildman–Crippen LogP) is 5.45. The van der Waals surface area contributed by atoms with Gasteiger partial charge in [-0.05, 0) is 63.7 Å². The third-order valence-corrected chi connectivity index (χ3v) is 5.99. The zero-order valence-corrected chi connectivity index (χ0v) is 21.9. The van der Waals surface area contributed by atoms with E-state index in [1.54, 1.807) is 37.4 Å². The maximum Gasteiger partial charge on any atom is 0.254 e. The maximum absolute atomic E-state index is 14.9. The van der Waals surface area contributed by atoms with Gasteiger partial charge in [-0.25, -0.2) is 4.39 Å². The van der Waals surface area contributed by atoms with Crippen LogP contribution in [-0.2, 0) is 4.74 Å². The summed E-state index contributed by atoms with van der Waals surface area (Å²) in [5, 5.41) is 3.18. The molecule has 34 heavy (non-hydrogen) atoms. The number of carbonyl (C=O) groups is 1. The van der Waals surface area contributed by atoms with Crippen LogP contribution >= 0.6 is 11.9 Å². The number of hydrogen-bond acceptors (Lipinski definition) is 6. The van der Waals surface area contributed by atoms with Crippen molar-refractivity contribution in [2.45, 2.75) is 45.7 Å². The van der Waals surface area contributed by atoms with E-state index >= 15 is 0 Å². The van der Waals surface area contributed by atoms with Crippen LogP contribution in [0.15, 0.2) is 36.4 Å². The number of likely N-dealkylation sites (N-methyl/N-ethyl adjacent to an activating group) is 1. The summed E-state index contributed by atoms with van der Waals surface area (Å²) in [6, 6.07) is 10.3. The van der Waals surface area contributed by atoms with Gasteiger partial charge in [0.2, 0.25) is 0 Å². The van der Waals surface area contributed by atoms with Gasteiger partial charge in [0.05, 0.1) is 6.61 Å². The Balaban J connectivity index is 2.50. The first-order valence-corrected chi connectivity index (χ1v) is 12.9. The highest BCUT2D eigenvalue weighted by Crippen LogP contribution is 2.35. The molecular weight excluding hydrogens is 453 g/mol. The number of anilines is 1. The average Bonchev–Trinajstić information content (AvgIpc) is 2.82. The Bertz CT molecular complexity index is 926. The number of methoxy groups -OCH3 is 1. The number of halogens is 1. The molecule has 0 saturated carbocycles. The Morgan fingerprint density at radius 1 is 1.15 bits per heavy atom. The molecule has 0 radical (unpaired) electrons. The first-order chi connectivity index (χ1) is 16.4. The number of nitrogens with one attached hydrogen (secondary N) is 2. The highest BCUT2D eigenvalue weighted by atomic mass is 32.2. The quantitative estimate of drug-likeness (QED) is 0.271. The monoisotopic (exact) mass is 491 g/mol. The molecule has 0 aliphatic heterocycles. The summed E-state index contributed by atoms with van der Waals surface area (Å²) in [5.74, 6) is 0.0625. The van der Waals surface area contributed by atoms with Gasteiger partial charge in [0.1, 0.15) is 11.6 Å². The lowest BCUT2D eigenvalue weighted by molar-refractivity contribution is 0.0602. The second-order valence-corrected chi connectivity index (χ2v) is 8.94. The molecule has 2 N–H and O–H groups in total. The van der Waals surface area contributed by atoms with E-state index in [1.807, 2.05) is 32.1 Å². The van der Waals surface area contributed by atoms with E-state index in [-0.39, 0.29) is 23.8 Å². The van der Waals surface area contributed by atoms with Crippen molar-refractivity contribution in [2.24, 2.45) is 0 Å². The fourth-order valence-electron chi connectivity index (χ4n) is 3.94. The number of amides is 1. The van der Waals surface area contributed by atoms with Crippen molar-refractivity contribution in [3.8, 4) is 16.9 Å². The van der Waals surface area contributed by atoms with Crippen molar-refractivity contribution >= 4 is 23.5 Å². The summed E-state index contributed by atoms with van der Waals surface area (Å²) in [4.78, 5) is 15.5. The molecule has 8 heteroatoms. The summed E-state index contributed by atoms with van der Waals surface area (Å²) in [6.45, 7) is 7.78. The van der Waals surface area contributed by atoms with Crippen LogP contribution in [0.1, 0.15) is 44.0 Å². The van der Waals surface area contributed by atoms with E-state index in [4.69, 9.17) is 9.47 Å². The second kappa shape index (κ2) is 14.2. The fraction of sp³-hybridized carbons (Fsp3) is 0.500. The van der Waals surface area contributed by atoms with Gasteiger partial charge < -0.3 is 24.4 Å². The molecule has 0 heterocycles. The predicted molar refractivity (Wildman–Crippen MR) is 140 cm³/mol. The molecule has 0 spiro atoms. The lowest BCUT2D eigenvalue weighted by Gasteiger charge is -2.35. The minimum Gasteiger partial charge on any atom is -0.493 e. The highest BCUT2D eigenvalue weighted by Gasteiger charge is 2.26. The topological polar surface area (TPSA) is 62.8 Å². The molecule has 0 unspecified atom stereocenters. The van der Waals surface area contributed by atoms with Crippen LogP contribution in [0.3, 0.4) is 0 Å². The van der Waals surface area contributed by atoms with Crippen molar-refractivity contribution in [1.82, 2.24) is 10.2 Å². The minimum absolute atomic E-state index is 0.0308. The zero-order valence-electron chi connectivity index (χ0n) is 21.1. The van der Waals surface area contributed by atoms with E-state index in [0.29, 0.717) is 48.6 Å². The lowest BCUT2D eigenvalue weighted by Crippen LogP contribution is -2.48. The molecule has 2 aromatic carbocycles. The second-order valence-electron chi connectivity index (χ2n) is 8.33. The Kier molecular flexibility index (Phi) is 11.7. The van der Waals surface area contributed by atoms with Crippen LogP contribution in [0.25, 0.3) is 11.1 Å². The number of rotatable bonds is 14. The summed E-state index contributed by atoms with van der Waals surface area (Å²) in [6.07, 6.45) is 3.43. The van der Waals surface area contributed by atoms with Crippen LogP contribution in [0.2, 0.25) is 0 Å². The average molecular weight is 492 g/mol. The van der Waals surface area contributed by atoms with Gasteiger partial charge in [0.25, 0.3) is 5.91 Å². The third kappa shape index (κ3) is 7.35. The van der Waals surface area contributed by atoms with Crippen molar-refractivity contribution in [1.29, 1.82) is 0 Å². The first-order valence-electron chi connectivity index (χ1n) is 11.7. The van der Waals surface area contributed by atoms with Gasteiger partial charge in [-0.1, -0.05) is 18.9 Å². The van der Waals surface area contributed by atoms with Gasteiger partial charge in [-0.3, -0.25) is 4.79 Å². The molecule has 1 atom stereocenters. The minimum atomic E-state index is -0.351. The summed E-state index contributed by atoms with van der Waals surface area (Å²) >= 11 is 1.44. The Hall–Kier alpha value is -2.29. The van der Waals surface area contributed by atoms with E-state index < -0.39 is 0 Å². The number of hydrogen-bond donors (Lipinski definition) is 2. The van der Waals surface area contributed by atoms with E-state index in [0.717, 1.165) is 12.1 Å². The van der Waals surface area contributed by atoms with Crippen LogP contribution in [0.5, 0.6) is 5.75 Å². The van der Waals surface area contributed by atoms with Gasteiger partial charge in [-0.2, -0.15) is 0 Å². The molecule has 0 saturated heterocycles. The Morgan fingerprint density at radius 3 is 2.53 bits per heavy atom. The zero-order chi connectivity index (χ0) is 25.1. The molecule has 0 bridgehead atoms. The SMILES string of the molecule is CC[C@H](CNC)N(C(=O)c1ccc(-c2cc(NSC)ccc2F)c(OCCCOC)c1)C(C)C. The molecule has 0 aliphatic rings. The third-order valence-electron chi connectivity index (χ3n) is 5.55. The highest BCUT2D eigenvalue weighted by molar-refractivity contribution is 7.99. The summed E-state index contributed by atoms with van der Waals surface area (Å²) in [7, 11) is 3.53. The summed E-state index contributed by atoms with van der Waals surface area (Å²) < 4.78 is 29.2. The first kappa shape index (κ1) is 28.0. The molecule has 2 rings (SSSR count). The van der Waals surface area contributed by atoms with Gasteiger partial charge in [0, 0.05) is 67.4 Å². The van der Waals surface area contributed by atoms with E-state index in [2.05, 4.69) is 17.0 Å². The Labute approximate surface area is 207 Å². The van der Waals surface area contributed by atoms with Crippen molar-refractivity contribution < 1.29 is 18.7 Å². The normalized spacial score (nSPS) is 12.0. The molecule has 0 aliphatic carbocycles.